The van der Waals surface area contributed by atoms with Gasteiger partial charge in [0.2, 0.25) is 0 Å². The number of nitrogens with zero attached hydrogens (tertiary/aromatic N) is 4. The maximum absolute atomic E-state index is 5.89. The van der Waals surface area contributed by atoms with Gasteiger partial charge in [-0.05, 0) is 61.0 Å². The summed E-state index contributed by atoms with van der Waals surface area (Å²) >= 11 is 5.89. The molecule has 6 nitrogen and oxygen atoms in total. The van der Waals surface area contributed by atoms with Crippen LogP contribution in [0.5, 0.6) is 11.5 Å². The van der Waals surface area contributed by atoms with Crippen LogP contribution in [0.25, 0.3) is 0 Å². The van der Waals surface area contributed by atoms with Crippen LogP contribution in [0.15, 0.2) is 78.5 Å². The van der Waals surface area contributed by atoms with E-state index in [0.29, 0.717) is 29.7 Å². The average molecular weight is 383 g/mol. The van der Waals surface area contributed by atoms with Crippen molar-refractivity contribution in [2.24, 2.45) is 5.16 Å². The van der Waals surface area contributed by atoms with Gasteiger partial charge in [0.1, 0.15) is 36.5 Å². The van der Waals surface area contributed by atoms with Gasteiger partial charge in [0.25, 0.3) is 0 Å². The highest BCUT2D eigenvalue weighted by Gasteiger charge is 2.08. The van der Waals surface area contributed by atoms with Crippen LogP contribution in [0, 0.1) is 0 Å². The van der Waals surface area contributed by atoms with E-state index in [1.807, 2.05) is 43.3 Å². The second-order valence-electron chi connectivity index (χ2n) is 5.94. The van der Waals surface area contributed by atoms with E-state index < -0.39 is 0 Å². The van der Waals surface area contributed by atoms with Gasteiger partial charge >= 0.3 is 0 Å². The number of hydrogen-bond donors (Lipinski definition) is 0. The van der Waals surface area contributed by atoms with E-state index in [1.165, 1.54) is 6.33 Å². The number of oxime groups is 1. The first-order valence-corrected chi connectivity index (χ1v) is 8.67. The summed E-state index contributed by atoms with van der Waals surface area (Å²) in [6.07, 6.45) is 3.11. The van der Waals surface area contributed by atoms with Crippen LogP contribution in [0.3, 0.4) is 0 Å². The molecule has 2 aromatic carbocycles. The van der Waals surface area contributed by atoms with Crippen molar-refractivity contribution in [1.82, 2.24) is 14.8 Å². The number of rotatable bonds is 8. The van der Waals surface area contributed by atoms with Crippen LogP contribution in [0.2, 0.25) is 5.02 Å². The van der Waals surface area contributed by atoms with Crippen molar-refractivity contribution in [2.75, 3.05) is 6.61 Å². The van der Waals surface area contributed by atoms with E-state index in [0.717, 1.165) is 16.8 Å². The van der Waals surface area contributed by atoms with E-state index in [-0.39, 0.29) is 0 Å². The Morgan fingerprint density at radius 3 is 2.37 bits per heavy atom. The molecular formula is C20H19ClN4O2. The SMILES string of the molecule is C=C(C)CON=C(Cn1cncn1)c1ccc(Oc2ccc(Cl)cc2)cc1. The van der Waals surface area contributed by atoms with Crippen molar-refractivity contribution in [3.63, 3.8) is 0 Å². The molecule has 1 heterocycles. The molecule has 0 atom stereocenters. The summed E-state index contributed by atoms with van der Waals surface area (Å²) in [5.41, 5.74) is 2.51. The molecule has 0 radical (unpaired) electrons. The first kappa shape index (κ1) is 18.7. The number of benzene rings is 2. The Balaban J connectivity index is 1.75. The molecule has 0 saturated carbocycles. The fraction of sp³-hybridized carbons (Fsp3) is 0.150. The van der Waals surface area contributed by atoms with Gasteiger partial charge in [-0.3, -0.25) is 0 Å². The van der Waals surface area contributed by atoms with E-state index in [4.69, 9.17) is 21.2 Å². The minimum absolute atomic E-state index is 0.360. The Kier molecular flexibility index (Phi) is 6.22. The van der Waals surface area contributed by atoms with Crippen LogP contribution in [-0.4, -0.2) is 27.1 Å². The predicted octanol–water partition coefficient (Wildman–Crippen LogP) is 4.72. The number of ether oxygens (including phenoxy) is 1. The van der Waals surface area contributed by atoms with Crippen LogP contribution >= 0.6 is 11.6 Å². The highest BCUT2D eigenvalue weighted by atomic mass is 35.5. The third-order valence-corrected chi connectivity index (χ3v) is 3.75. The molecule has 0 fully saturated rings. The van der Waals surface area contributed by atoms with Crippen molar-refractivity contribution in [3.05, 3.63) is 83.9 Å². The summed E-state index contributed by atoms with van der Waals surface area (Å²) < 4.78 is 7.50. The lowest BCUT2D eigenvalue weighted by atomic mass is 10.1. The van der Waals surface area contributed by atoms with Gasteiger partial charge in [-0.25, -0.2) is 9.67 Å². The van der Waals surface area contributed by atoms with Gasteiger partial charge in [-0.2, -0.15) is 5.10 Å². The van der Waals surface area contributed by atoms with Crippen molar-refractivity contribution in [3.8, 4) is 11.5 Å². The lowest BCUT2D eigenvalue weighted by Crippen LogP contribution is -2.13. The normalized spacial score (nSPS) is 11.3. The molecule has 138 valence electrons. The molecule has 1 aromatic heterocycles. The Morgan fingerprint density at radius 2 is 1.78 bits per heavy atom. The van der Waals surface area contributed by atoms with Crippen LogP contribution in [0.4, 0.5) is 0 Å². The van der Waals surface area contributed by atoms with Crippen molar-refractivity contribution < 1.29 is 9.57 Å². The van der Waals surface area contributed by atoms with E-state index in [1.54, 1.807) is 23.1 Å². The lowest BCUT2D eigenvalue weighted by Gasteiger charge is -2.09. The fourth-order valence-corrected chi connectivity index (χ4v) is 2.34. The third-order valence-electron chi connectivity index (χ3n) is 3.50. The highest BCUT2D eigenvalue weighted by Crippen LogP contribution is 2.23. The number of aromatic nitrogens is 3. The zero-order valence-electron chi connectivity index (χ0n) is 14.9. The minimum atomic E-state index is 0.360. The highest BCUT2D eigenvalue weighted by molar-refractivity contribution is 6.30. The smallest absolute Gasteiger partial charge is 0.137 e. The molecule has 0 N–H and O–H groups in total. The van der Waals surface area contributed by atoms with Gasteiger partial charge in [0.05, 0.1) is 6.54 Å². The van der Waals surface area contributed by atoms with Gasteiger partial charge in [-0.1, -0.05) is 23.3 Å². The Labute approximate surface area is 162 Å². The third kappa shape index (κ3) is 5.69. The summed E-state index contributed by atoms with van der Waals surface area (Å²) in [7, 11) is 0. The van der Waals surface area contributed by atoms with E-state index in [9.17, 15) is 0 Å². The van der Waals surface area contributed by atoms with Crippen LogP contribution < -0.4 is 4.74 Å². The number of hydrogen-bond acceptors (Lipinski definition) is 5. The zero-order chi connectivity index (χ0) is 19.1. The van der Waals surface area contributed by atoms with Crippen LogP contribution in [0.1, 0.15) is 12.5 Å². The second-order valence-corrected chi connectivity index (χ2v) is 6.38. The molecule has 0 amide bonds. The molecule has 0 saturated heterocycles. The van der Waals surface area contributed by atoms with Gasteiger partial charge < -0.3 is 9.57 Å². The molecule has 0 aliphatic heterocycles. The van der Waals surface area contributed by atoms with Crippen molar-refractivity contribution in [1.29, 1.82) is 0 Å². The zero-order valence-corrected chi connectivity index (χ0v) is 15.6. The molecule has 3 rings (SSSR count). The second kappa shape index (κ2) is 9.00. The van der Waals surface area contributed by atoms with Gasteiger partial charge in [0.15, 0.2) is 0 Å². The Hall–Kier alpha value is -3.12. The predicted molar refractivity (Wildman–Crippen MR) is 105 cm³/mol. The molecule has 0 spiro atoms. The van der Waals surface area contributed by atoms with E-state index >= 15 is 0 Å². The standard InChI is InChI=1S/C20H19ClN4O2/c1-15(2)12-26-24-20(11-25-14-22-13-23-25)16-3-7-18(8-4-16)27-19-9-5-17(21)6-10-19/h3-10,13-14H,1,11-12H2,2H3. The lowest BCUT2D eigenvalue weighted by molar-refractivity contribution is 0.167. The largest absolute Gasteiger partial charge is 0.457 e. The fourth-order valence-electron chi connectivity index (χ4n) is 2.22. The van der Waals surface area contributed by atoms with Gasteiger partial charge in [0, 0.05) is 10.6 Å². The topological polar surface area (TPSA) is 61.5 Å². The molecule has 7 heteroatoms. The summed E-state index contributed by atoms with van der Waals surface area (Å²) in [5.74, 6) is 1.43. The monoisotopic (exact) mass is 382 g/mol. The summed E-state index contributed by atoms with van der Waals surface area (Å²) in [6, 6.07) is 14.8. The maximum Gasteiger partial charge on any atom is 0.137 e. The summed E-state index contributed by atoms with van der Waals surface area (Å²) in [5, 5.41) is 9.03. The molecule has 27 heavy (non-hydrogen) atoms. The molecule has 0 aliphatic rings. The Morgan fingerprint density at radius 1 is 1.11 bits per heavy atom. The minimum Gasteiger partial charge on any atom is -0.457 e. The molecule has 0 aliphatic carbocycles. The Bertz CT molecular complexity index is 904. The van der Waals surface area contributed by atoms with Crippen molar-refractivity contribution >= 4 is 17.3 Å². The maximum atomic E-state index is 5.89. The molecule has 0 bridgehead atoms. The summed E-state index contributed by atoms with van der Waals surface area (Å²) in [6.45, 7) is 6.49. The number of halogens is 1. The molecule has 3 aromatic rings. The average Bonchev–Trinajstić information content (AvgIpc) is 3.16. The van der Waals surface area contributed by atoms with Gasteiger partial charge in [-0.15, -0.1) is 0 Å². The van der Waals surface area contributed by atoms with Crippen molar-refractivity contribution in [2.45, 2.75) is 13.5 Å². The first-order chi connectivity index (χ1) is 13.1. The first-order valence-electron chi connectivity index (χ1n) is 8.29. The summed E-state index contributed by atoms with van der Waals surface area (Å²) in [4.78, 5) is 9.34. The van der Waals surface area contributed by atoms with Crippen LogP contribution in [-0.2, 0) is 11.4 Å². The molecular weight excluding hydrogens is 364 g/mol. The molecule has 0 unspecified atom stereocenters. The quantitative estimate of drug-likeness (QED) is 0.321. The van der Waals surface area contributed by atoms with E-state index in [2.05, 4.69) is 21.8 Å².